The Morgan fingerprint density at radius 2 is 2.07 bits per heavy atom. The third-order valence-electron chi connectivity index (χ3n) is 1.32. The zero-order valence-corrected chi connectivity index (χ0v) is 9.52. The second-order valence-electron chi connectivity index (χ2n) is 2.18. The van der Waals surface area contributed by atoms with Gasteiger partial charge in [0.25, 0.3) is 0 Å². The summed E-state index contributed by atoms with van der Waals surface area (Å²) in [5.74, 6) is -1.54. The van der Waals surface area contributed by atoms with Gasteiger partial charge in [-0.2, -0.15) is 0 Å². The number of Topliss-reactive ketones (excluding diaryl/α,β-unsaturated/α-hetero) is 1. The first-order chi connectivity index (χ1) is 6.49. The van der Waals surface area contributed by atoms with E-state index in [-0.39, 0.29) is 21.1 Å². The number of carbonyl (C=O) groups is 1. The predicted molar refractivity (Wildman–Crippen MR) is 53.5 cm³/mol. The summed E-state index contributed by atoms with van der Waals surface area (Å²) in [6.07, 6.45) is 0. The summed E-state index contributed by atoms with van der Waals surface area (Å²) in [6, 6.07) is 0. The average molecular weight is 303 g/mol. The zero-order chi connectivity index (χ0) is 10.9. The van der Waals surface area contributed by atoms with Gasteiger partial charge in [0.15, 0.2) is 10.8 Å². The molecule has 0 fully saturated rings. The SMILES string of the molecule is O=C(CBr)c1oc([N+](=O)[O-])c(Cl)c1Cl. The first-order valence-electron chi connectivity index (χ1n) is 3.20. The molecule has 0 spiro atoms. The summed E-state index contributed by atoms with van der Waals surface area (Å²) in [5.41, 5.74) is 0. The lowest BCUT2D eigenvalue weighted by Crippen LogP contribution is -1.98. The summed E-state index contributed by atoms with van der Waals surface area (Å²) in [6.45, 7) is 0. The molecule has 76 valence electrons. The van der Waals surface area contributed by atoms with E-state index in [0.717, 1.165) is 0 Å². The van der Waals surface area contributed by atoms with E-state index in [0.29, 0.717) is 0 Å². The molecule has 1 heterocycles. The van der Waals surface area contributed by atoms with Crippen molar-refractivity contribution in [3.63, 3.8) is 0 Å². The van der Waals surface area contributed by atoms with Gasteiger partial charge in [0.2, 0.25) is 5.78 Å². The number of alkyl halides is 1. The van der Waals surface area contributed by atoms with E-state index in [2.05, 4.69) is 20.3 Å². The molecule has 0 aliphatic rings. The largest absolute Gasteiger partial charge is 0.454 e. The molecular weight excluding hydrogens is 301 g/mol. The highest BCUT2D eigenvalue weighted by atomic mass is 79.9. The Bertz CT molecular complexity index is 403. The Morgan fingerprint density at radius 3 is 2.43 bits per heavy atom. The van der Waals surface area contributed by atoms with Crippen molar-refractivity contribution < 1.29 is 14.1 Å². The van der Waals surface area contributed by atoms with Crippen molar-refractivity contribution in [3.8, 4) is 0 Å². The van der Waals surface area contributed by atoms with Gasteiger partial charge in [-0.1, -0.05) is 39.1 Å². The Labute approximate surface area is 96.2 Å². The van der Waals surface area contributed by atoms with Gasteiger partial charge in [-0.3, -0.25) is 14.9 Å². The molecule has 1 rings (SSSR count). The highest BCUT2D eigenvalue weighted by Gasteiger charge is 2.29. The maximum absolute atomic E-state index is 11.1. The minimum Gasteiger partial charge on any atom is -0.395 e. The number of hydrogen-bond donors (Lipinski definition) is 0. The molecule has 14 heavy (non-hydrogen) atoms. The van der Waals surface area contributed by atoms with Crippen molar-refractivity contribution >= 4 is 50.8 Å². The van der Waals surface area contributed by atoms with Gasteiger partial charge in [-0.25, -0.2) is 0 Å². The van der Waals surface area contributed by atoms with Crippen LogP contribution in [0.15, 0.2) is 4.42 Å². The number of hydrogen-bond acceptors (Lipinski definition) is 4. The van der Waals surface area contributed by atoms with Crippen LogP contribution in [0.3, 0.4) is 0 Å². The lowest BCUT2D eigenvalue weighted by Gasteiger charge is -1.88. The topological polar surface area (TPSA) is 73.3 Å². The minimum absolute atomic E-state index is 0.0479. The van der Waals surface area contributed by atoms with E-state index in [1.54, 1.807) is 0 Å². The minimum atomic E-state index is -0.848. The van der Waals surface area contributed by atoms with E-state index >= 15 is 0 Å². The molecule has 0 radical (unpaired) electrons. The monoisotopic (exact) mass is 301 g/mol. The Hall–Kier alpha value is -0.590. The Morgan fingerprint density at radius 1 is 1.50 bits per heavy atom. The fourth-order valence-corrected chi connectivity index (χ4v) is 1.41. The molecule has 0 unspecified atom stereocenters. The number of carbonyl (C=O) groups excluding carboxylic acids is 1. The molecule has 0 N–H and O–H groups in total. The molecule has 0 aliphatic carbocycles. The van der Waals surface area contributed by atoms with Gasteiger partial charge < -0.3 is 4.42 Å². The van der Waals surface area contributed by atoms with Crippen molar-refractivity contribution in [1.82, 2.24) is 0 Å². The Kier molecular flexibility index (Phi) is 3.52. The van der Waals surface area contributed by atoms with Crippen LogP contribution in [0.1, 0.15) is 10.6 Å². The van der Waals surface area contributed by atoms with Crippen LogP contribution in [0, 0.1) is 10.1 Å². The average Bonchev–Trinajstić information content (AvgIpc) is 2.43. The zero-order valence-electron chi connectivity index (χ0n) is 6.42. The lowest BCUT2D eigenvalue weighted by molar-refractivity contribution is -0.402. The van der Waals surface area contributed by atoms with Gasteiger partial charge in [0.05, 0.1) is 5.33 Å². The van der Waals surface area contributed by atoms with Crippen LogP contribution >= 0.6 is 39.1 Å². The number of nitrogens with zero attached hydrogens (tertiary/aromatic N) is 1. The Balaban J connectivity index is 3.28. The number of furan rings is 1. The predicted octanol–water partition coefficient (Wildman–Crippen LogP) is 3.07. The van der Waals surface area contributed by atoms with Crippen molar-refractivity contribution in [2.75, 3.05) is 5.33 Å². The molecule has 0 aromatic carbocycles. The number of rotatable bonds is 3. The molecule has 0 bridgehead atoms. The second-order valence-corrected chi connectivity index (χ2v) is 3.49. The summed E-state index contributed by atoms with van der Waals surface area (Å²) in [7, 11) is 0. The van der Waals surface area contributed by atoms with E-state index in [9.17, 15) is 14.9 Å². The smallest absolute Gasteiger partial charge is 0.395 e. The van der Waals surface area contributed by atoms with Crippen molar-refractivity contribution in [2.45, 2.75) is 0 Å². The van der Waals surface area contributed by atoms with Gasteiger partial charge in [0.1, 0.15) is 9.95 Å². The van der Waals surface area contributed by atoms with Crippen molar-refractivity contribution in [3.05, 3.63) is 25.9 Å². The van der Waals surface area contributed by atoms with Gasteiger partial charge in [0, 0.05) is 0 Å². The summed E-state index contributed by atoms with van der Waals surface area (Å²) in [5, 5.41) is 9.70. The normalized spacial score (nSPS) is 10.2. The molecule has 8 heteroatoms. The van der Waals surface area contributed by atoms with Crippen molar-refractivity contribution in [1.29, 1.82) is 0 Å². The van der Waals surface area contributed by atoms with Crippen LogP contribution in [-0.4, -0.2) is 16.0 Å². The summed E-state index contributed by atoms with van der Waals surface area (Å²) in [4.78, 5) is 20.6. The quantitative estimate of drug-likeness (QED) is 0.372. The number of nitro groups is 1. The van der Waals surface area contributed by atoms with Gasteiger partial charge >= 0.3 is 5.88 Å². The standard InChI is InChI=1S/C6H2BrCl2NO4/c7-1-2(11)5-3(8)4(9)6(14-5)10(12)13/h1H2. The lowest BCUT2D eigenvalue weighted by atomic mass is 10.3. The molecule has 0 atom stereocenters. The maximum atomic E-state index is 11.1. The van der Waals surface area contributed by atoms with Crippen LogP contribution in [-0.2, 0) is 0 Å². The third-order valence-corrected chi connectivity index (χ3v) is 2.64. The molecule has 1 aromatic rings. The molecule has 0 aliphatic heterocycles. The van der Waals surface area contributed by atoms with Crippen LogP contribution in [0.2, 0.25) is 10.0 Å². The van der Waals surface area contributed by atoms with E-state index < -0.39 is 16.6 Å². The third kappa shape index (κ3) is 1.92. The molecule has 0 saturated heterocycles. The van der Waals surface area contributed by atoms with Crippen LogP contribution in [0.4, 0.5) is 5.88 Å². The number of ketones is 1. The van der Waals surface area contributed by atoms with Gasteiger partial charge in [-0.15, -0.1) is 0 Å². The van der Waals surface area contributed by atoms with E-state index in [4.69, 9.17) is 23.2 Å². The molecule has 0 saturated carbocycles. The summed E-state index contributed by atoms with van der Waals surface area (Å²) >= 11 is 13.9. The molecule has 0 amide bonds. The van der Waals surface area contributed by atoms with E-state index in [1.165, 1.54) is 0 Å². The van der Waals surface area contributed by atoms with Crippen LogP contribution < -0.4 is 0 Å². The van der Waals surface area contributed by atoms with Crippen molar-refractivity contribution in [2.24, 2.45) is 0 Å². The number of halogens is 3. The first kappa shape index (κ1) is 11.5. The van der Waals surface area contributed by atoms with E-state index in [1.807, 2.05) is 0 Å². The fourth-order valence-electron chi connectivity index (χ4n) is 0.737. The van der Waals surface area contributed by atoms with Crippen LogP contribution in [0.5, 0.6) is 0 Å². The molecule has 5 nitrogen and oxygen atoms in total. The maximum Gasteiger partial charge on any atom is 0.454 e. The molecule has 1 aromatic heterocycles. The highest BCUT2D eigenvalue weighted by molar-refractivity contribution is 9.09. The summed E-state index contributed by atoms with van der Waals surface area (Å²) < 4.78 is 4.62. The van der Waals surface area contributed by atoms with Crippen LogP contribution in [0.25, 0.3) is 0 Å². The fraction of sp³-hybridized carbons (Fsp3) is 0.167. The second kappa shape index (κ2) is 4.29. The van der Waals surface area contributed by atoms with Gasteiger partial charge in [-0.05, 0) is 0 Å². The molecular formula is C6H2BrCl2NO4. The highest BCUT2D eigenvalue weighted by Crippen LogP contribution is 2.37. The first-order valence-corrected chi connectivity index (χ1v) is 5.08.